The molecule has 0 saturated carbocycles. The highest BCUT2D eigenvalue weighted by molar-refractivity contribution is 5.95. The molecule has 0 aliphatic carbocycles. The fourth-order valence-corrected chi connectivity index (χ4v) is 1.74. The van der Waals surface area contributed by atoms with Gasteiger partial charge in [-0.1, -0.05) is 0 Å². The van der Waals surface area contributed by atoms with Gasteiger partial charge in [-0.05, 0) is 25.3 Å². The van der Waals surface area contributed by atoms with Gasteiger partial charge in [-0.2, -0.15) is 4.99 Å². The molecular weight excluding hydrogens is 222 g/mol. The molecule has 0 aromatic heterocycles. The summed E-state index contributed by atoms with van der Waals surface area (Å²) in [4.78, 5) is 15.3. The van der Waals surface area contributed by atoms with E-state index in [1.54, 1.807) is 12.3 Å². The minimum atomic E-state index is -0.00756. The minimum absolute atomic E-state index is 0.00756. The number of carbonyl (C=O) groups excluding carboxylic acids is 1. The van der Waals surface area contributed by atoms with Gasteiger partial charge < -0.3 is 20.5 Å². The van der Waals surface area contributed by atoms with Crippen LogP contribution in [-0.2, 0) is 9.53 Å². The summed E-state index contributed by atoms with van der Waals surface area (Å²) < 4.78 is 5.72. The van der Waals surface area contributed by atoms with Crippen LogP contribution in [0.5, 0.6) is 0 Å². The molecule has 1 heterocycles. The third-order valence-corrected chi connectivity index (χ3v) is 2.67. The second-order valence-electron chi connectivity index (χ2n) is 3.94. The number of aliphatic hydroxyl groups is 1. The van der Waals surface area contributed by atoms with Crippen LogP contribution in [0.2, 0.25) is 0 Å². The lowest BCUT2D eigenvalue weighted by Crippen LogP contribution is -2.27. The van der Waals surface area contributed by atoms with Gasteiger partial charge in [-0.15, -0.1) is 0 Å². The van der Waals surface area contributed by atoms with Crippen molar-refractivity contribution < 1.29 is 14.6 Å². The Hall–Kier alpha value is -1.40. The van der Waals surface area contributed by atoms with Crippen molar-refractivity contribution in [3.8, 4) is 0 Å². The van der Waals surface area contributed by atoms with Crippen molar-refractivity contribution >= 4 is 12.2 Å². The number of aliphatic imine (C=N–C) groups is 1. The highest BCUT2D eigenvalue weighted by atomic mass is 16.5. The third-order valence-electron chi connectivity index (χ3n) is 2.67. The summed E-state index contributed by atoms with van der Waals surface area (Å²) in [6.45, 7) is 0.149. The predicted molar refractivity (Wildman–Crippen MR) is 64.2 cm³/mol. The zero-order chi connectivity index (χ0) is 12.7. The van der Waals surface area contributed by atoms with E-state index in [4.69, 9.17) is 15.6 Å². The van der Waals surface area contributed by atoms with E-state index in [-0.39, 0.29) is 24.8 Å². The second-order valence-corrected chi connectivity index (χ2v) is 3.94. The molecule has 6 heteroatoms. The Morgan fingerprint density at radius 2 is 2.41 bits per heavy atom. The monoisotopic (exact) mass is 241 g/mol. The molecule has 96 valence electrons. The number of hydrogen-bond donors (Lipinski definition) is 2. The van der Waals surface area contributed by atoms with Crippen molar-refractivity contribution in [2.24, 2.45) is 10.7 Å². The maximum absolute atomic E-state index is 10.1. The van der Waals surface area contributed by atoms with E-state index in [0.717, 1.165) is 12.8 Å². The van der Waals surface area contributed by atoms with Crippen molar-refractivity contribution in [3.05, 3.63) is 12.3 Å². The number of hydrogen-bond acceptors (Lipinski definition) is 4. The summed E-state index contributed by atoms with van der Waals surface area (Å²) >= 11 is 0. The molecule has 0 radical (unpaired) electrons. The summed E-state index contributed by atoms with van der Waals surface area (Å²) in [5.41, 5.74) is 5.44. The van der Waals surface area contributed by atoms with E-state index < -0.39 is 0 Å². The third kappa shape index (κ3) is 4.54. The zero-order valence-corrected chi connectivity index (χ0v) is 9.95. The number of amidine groups is 1. The van der Waals surface area contributed by atoms with Crippen molar-refractivity contribution in [2.45, 2.75) is 31.6 Å². The van der Waals surface area contributed by atoms with Crippen LogP contribution >= 0.6 is 0 Å². The van der Waals surface area contributed by atoms with Gasteiger partial charge in [-0.3, -0.25) is 4.79 Å². The highest BCUT2D eigenvalue weighted by Gasteiger charge is 2.26. The Kier molecular flexibility index (Phi) is 5.65. The maximum Gasteiger partial charge on any atom is 0.234 e. The molecule has 0 bridgehead atoms. The summed E-state index contributed by atoms with van der Waals surface area (Å²) in [5, 5.41) is 8.81. The quantitative estimate of drug-likeness (QED) is 0.383. The van der Waals surface area contributed by atoms with Crippen molar-refractivity contribution in [1.29, 1.82) is 0 Å². The van der Waals surface area contributed by atoms with Gasteiger partial charge in [0.1, 0.15) is 12.1 Å². The Morgan fingerprint density at radius 3 is 3.06 bits per heavy atom. The zero-order valence-electron chi connectivity index (χ0n) is 9.95. The summed E-state index contributed by atoms with van der Waals surface area (Å²) in [6, 6.07) is 0. The van der Waals surface area contributed by atoms with Crippen LogP contribution in [0, 0.1) is 0 Å². The number of nitrogens with two attached hydrogens (primary N) is 1. The highest BCUT2D eigenvalue weighted by Crippen LogP contribution is 2.23. The first kappa shape index (κ1) is 13.7. The average Bonchev–Trinajstić information content (AvgIpc) is 2.75. The topological polar surface area (TPSA) is 88.2 Å². The SMILES string of the molecule is CN(/C=C\C(N)=N/C=O)C1CC[C@@H](CCO)O1. The van der Waals surface area contributed by atoms with Crippen LogP contribution in [0.1, 0.15) is 19.3 Å². The van der Waals surface area contributed by atoms with Gasteiger partial charge in [0.2, 0.25) is 6.41 Å². The number of amides is 1. The van der Waals surface area contributed by atoms with E-state index >= 15 is 0 Å². The van der Waals surface area contributed by atoms with Crippen molar-refractivity contribution in [1.82, 2.24) is 4.90 Å². The molecule has 0 aromatic rings. The Labute approximate surface area is 101 Å². The largest absolute Gasteiger partial charge is 0.396 e. The van der Waals surface area contributed by atoms with E-state index in [1.807, 2.05) is 11.9 Å². The number of ether oxygens (including phenoxy) is 1. The number of rotatable bonds is 6. The van der Waals surface area contributed by atoms with Gasteiger partial charge in [0.05, 0.1) is 6.10 Å². The predicted octanol–water partition coefficient (Wildman–Crippen LogP) is -0.167. The van der Waals surface area contributed by atoms with Crippen LogP contribution in [0.4, 0.5) is 0 Å². The maximum atomic E-state index is 10.1. The molecule has 3 N–H and O–H groups in total. The Bertz CT molecular complexity index is 304. The summed E-state index contributed by atoms with van der Waals surface area (Å²) in [7, 11) is 1.87. The molecule has 1 aliphatic rings. The van der Waals surface area contributed by atoms with Crippen LogP contribution in [0.15, 0.2) is 17.3 Å². The first-order valence-electron chi connectivity index (χ1n) is 5.60. The fraction of sp³-hybridized carbons (Fsp3) is 0.636. The molecule has 1 unspecified atom stereocenters. The minimum Gasteiger partial charge on any atom is -0.396 e. The molecule has 1 fully saturated rings. The summed E-state index contributed by atoms with van der Waals surface area (Å²) in [6.07, 6.45) is 6.34. The first-order chi connectivity index (χ1) is 8.17. The molecule has 1 saturated heterocycles. The molecule has 2 atom stereocenters. The molecular formula is C11H19N3O3. The summed E-state index contributed by atoms with van der Waals surface area (Å²) in [5.74, 6) is 0.164. The van der Waals surface area contributed by atoms with Crippen molar-refractivity contribution in [3.63, 3.8) is 0 Å². The molecule has 0 spiro atoms. The van der Waals surface area contributed by atoms with Crippen LogP contribution in [-0.4, -0.2) is 48.2 Å². The Balaban J connectivity index is 2.41. The number of carbonyl (C=O) groups is 1. The molecule has 17 heavy (non-hydrogen) atoms. The van der Waals surface area contributed by atoms with Crippen LogP contribution in [0.3, 0.4) is 0 Å². The van der Waals surface area contributed by atoms with Gasteiger partial charge in [-0.25, -0.2) is 0 Å². The molecule has 6 nitrogen and oxygen atoms in total. The van der Waals surface area contributed by atoms with E-state index in [1.165, 1.54) is 0 Å². The lowest BCUT2D eigenvalue weighted by molar-refractivity contribution is -0.106. The lowest BCUT2D eigenvalue weighted by atomic mass is 10.2. The van der Waals surface area contributed by atoms with E-state index in [0.29, 0.717) is 12.8 Å². The van der Waals surface area contributed by atoms with E-state index in [2.05, 4.69) is 4.99 Å². The van der Waals surface area contributed by atoms with Crippen molar-refractivity contribution in [2.75, 3.05) is 13.7 Å². The number of nitrogens with zero attached hydrogens (tertiary/aromatic N) is 2. The van der Waals surface area contributed by atoms with Gasteiger partial charge in [0.15, 0.2) is 0 Å². The Morgan fingerprint density at radius 1 is 1.65 bits per heavy atom. The lowest BCUT2D eigenvalue weighted by Gasteiger charge is -2.22. The average molecular weight is 241 g/mol. The molecule has 1 rings (SSSR count). The first-order valence-corrected chi connectivity index (χ1v) is 5.60. The van der Waals surface area contributed by atoms with Crippen LogP contribution in [0.25, 0.3) is 0 Å². The fourth-order valence-electron chi connectivity index (χ4n) is 1.74. The standard InChI is InChI=1S/C11H19N3O3/c1-14(6-4-10(12)13-8-16)11-3-2-9(17-11)5-7-15/h4,6,8-9,11,15H,2-3,5,7H2,1H3,(H2,12,13,16)/b6-4-/t9-,11?/m0/s1. The van der Waals surface area contributed by atoms with Gasteiger partial charge in [0.25, 0.3) is 0 Å². The molecule has 1 aliphatic heterocycles. The smallest absolute Gasteiger partial charge is 0.234 e. The number of aliphatic hydroxyl groups excluding tert-OH is 1. The second kappa shape index (κ2) is 7.03. The van der Waals surface area contributed by atoms with E-state index in [9.17, 15) is 4.79 Å². The normalized spacial score (nSPS) is 25.4. The molecule has 1 amide bonds. The van der Waals surface area contributed by atoms with Crippen LogP contribution < -0.4 is 5.73 Å². The van der Waals surface area contributed by atoms with Gasteiger partial charge >= 0.3 is 0 Å². The van der Waals surface area contributed by atoms with Gasteiger partial charge in [0, 0.05) is 19.9 Å². The molecule has 0 aromatic carbocycles.